The van der Waals surface area contributed by atoms with E-state index in [1.165, 1.54) is 6.20 Å². The lowest BCUT2D eigenvalue weighted by molar-refractivity contribution is 0.0971. The second-order valence-corrected chi connectivity index (χ2v) is 4.44. The van der Waals surface area contributed by atoms with E-state index in [-0.39, 0.29) is 18.2 Å². The highest BCUT2D eigenvalue weighted by Gasteiger charge is 2.16. The van der Waals surface area contributed by atoms with Gasteiger partial charge in [-0.05, 0) is 26.8 Å². The predicted molar refractivity (Wildman–Crippen MR) is 70.9 cm³/mol. The van der Waals surface area contributed by atoms with Crippen LogP contribution < -0.4 is 0 Å². The van der Waals surface area contributed by atoms with Crippen molar-refractivity contribution in [3.8, 4) is 6.07 Å². The molecular weight excluding hydrogens is 240 g/mol. The number of imidazole rings is 1. The van der Waals surface area contributed by atoms with Gasteiger partial charge in [0.2, 0.25) is 5.82 Å². The van der Waals surface area contributed by atoms with E-state index < -0.39 is 0 Å². The first-order valence-corrected chi connectivity index (χ1v) is 6.19. The summed E-state index contributed by atoms with van der Waals surface area (Å²) in [6.07, 6.45) is 3.18. The van der Waals surface area contributed by atoms with E-state index in [4.69, 9.17) is 5.26 Å². The Morgan fingerprint density at radius 2 is 2.21 bits per heavy atom. The lowest BCUT2D eigenvalue weighted by Crippen LogP contribution is -2.12. The van der Waals surface area contributed by atoms with Gasteiger partial charge < -0.3 is 9.13 Å². The Kier molecular flexibility index (Phi) is 3.52. The summed E-state index contributed by atoms with van der Waals surface area (Å²) in [6, 6.07) is 3.88. The molecule has 2 heterocycles. The highest BCUT2D eigenvalue weighted by molar-refractivity contribution is 5.97. The number of carbonyl (C=O) groups excluding carboxylic acids is 1. The van der Waals surface area contributed by atoms with Crippen molar-refractivity contribution >= 4 is 5.78 Å². The van der Waals surface area contributed by atoms with E-state index in [0.717, 1.165) is 23.5 Å². The molecule has 19 heavy (non-hydrogen) atoms. The summed E-state index contributed by atoms with van der Waals surface area (Å²) in [5.74, 6) is 0.264. The normalized spacial score (nSPS) is 10.4. The molecule has 0 radical (unpaired) electrons. The van der Waals surface area contributed by atoms with Crippen molar-refractivity contribution in [3.63, 3.8) is 0 Å². The third kappa shape index (κ3) is 2.29. The summed E-state index contributed by atoms with van der Waals surface area (Å²) in [7, 11) is 0. The molecule has 0 fully saturated rings. The largest absolute Gasteiger partial charge is 0.349 e. The predicted octanol–water partition coefficient (Wildman–Crippen LogP) is 2.08. The third-order valence-electron chi connectivity index (χ3n) is 3.32. The number of rotatable bonds is 4. The lowest BCUT2D eigenvalue weighted by atomic mass is 10.1. The summed E-state index contributed by atoms with van der Waals surface area (Å²) in [4.78, 5) is 16.2. The first-order chi connectivity index (χ1) is 9.08. The van der Waals surface area contributed by atoms with Crippen molar-refractivity contribution in [1.82, 2.24) is 14.1 Å². The van der Waals surface area contributed by atoms with Crippen molar-refractivity contribution in [2.45, 2.75) is 33.9 Å². The number of nitriles is 1. The van der Waals surface area contributed by atoms with Crippen LogP contribution >= 0.6 is 0 Å². The van der Waals surface area contributed by atoms with Gasteiger partial charge in [-0.25, -0.2) is 4.98 Å². The van der Waals surface area contributed by atoms with Crippen LogP contribution in [0.3, 0.4) is 0 Å². The Morgan fingerprint density at radius 3 is 2.79 bits per heavy atom. The fourth-order valence-electron chi connectivity index (χ4n) is 2.36. The van der Waals surface area contributed by atoms with Crippen LogP contribution in [0.5, 0.6) is 0 Å². The van der Waals surface area contributed by atoms with Crippen LogP contribution in [0.2, 0.25) is 0 Å². The van der Waals surface area contributed by atoms with E-state index >= 15 is 0 Å². The molecule has 0 unspecified atom stereocenters. The zero-order valence-corrected chi connectivity index (χ0v) is 11.3. The van der Waals surface area contributed by atoms with Crippen molar-refractivity contribution in [1.29, 1.82) is 5.26 Å². The van der Waals surface area contributed by atoms with Crippen molar-refractivity contribution in [2.24, 2.45) is 0 Å². The van der Waals surface area contributed by atoms with E-state index in [0.29, 0.717) is 0 Å². The second kappa shape index (κ2) is 5.11. The van der Waals surface area contributed by atoms with Crippen LogP contribution in [0, 0.1) is 25.2 Å². The molecule has 2 aromatic heterocycles. The van der Waals surface area contributed by atoms with Gasteiger partial charge in [0.15, 0.2) is 5.78 Å². The fourth-order valence-corrected chi connectivity index (χ4v) is 2.36. The number of aromatic nitrogens is 3. The quantitative estimate of drug-likeness (QED) is 0.787. The van der Waals surface area contributed by atoms with Gasteiger partial charge in [0.05, 0.1) is 6.54 Å². The van der Waals surface area contributed by atoms with Gasteiger partial charge in [-0.2, -0.15) is 5.26 Å². The number of carbonyl (C=O) groups is 1. The van der Waals surface area contributed by atoms with Crippen molar-refractivity contribution < 1.29 is 4.79 Å². The maximum absolute atomic E-state index is 12.3. The topological polar surface area (TPSA) is 63.6 Å². The van der Waals surface area contributed by atoms with Gasteiger partial charge >= 0.3 is 0 Å². The second-order valence-electron chi connectivity index (χ2n) is 4.44. The molecular formula is C14H16N4O. The first kappa shape index (κ1) is 13.1. The molecule has 2 rings (SSSR count). The standard InChI is InChI=1S/C14H16N4O/c1-4-18-10(2)7-12(11(18)3)13(19)9-17-6-5-16-14(17)8-15/h5-7H,4,9H2,1-3H3. The number of nitrogens with zero attached hydrogens (tertiary/aromatic N) is 4. The van der Waals surface area contributed by atoms with E-state index in [1.54, 1.807) is 10.8 Å². The van der Waals surface area contributed by atoms with Gasteiger partial charge in [0, 0.05) is 35.9 Å². The Hall–Kier alpha value is -2.35. The zero-order chi connectivity index (χ0) is 14.0. The van der Waals surface area contributed by atoms with Gasteiger partial charge in [0.1, 0.15) is 6.07 Å². The number of aryl methyl sites for hydroxylation is 1. The Labute approximate surface area is 112 Å². The van der Waals surface area contributed by atoms with E-state index in [9.17, 15) is 4.79 Å². The molecule has 5 nitrogen and oxygen atoms in total. The Morgan fingerprint density at radius 1 is 1.47 bits per heavy atom. The molecule has 0 bridgehead atoms. The minimum Gasteiger partial charge on any atom is -0.349 e. The molecule has 0 aliphatic carbocycles. The molecule has 0 atom stereocenters. The van der Waals surface area contributed by atoms with Crippen molar-refractivity contribution in [2.75, 3.05) is 0 Å². The summed E-state index contributed by atoms with van der Waals surface area (Å²) in [6.45, 7) is 6.99. The molecule has 0 saturated heterocycles. The van der Waals surface area contributed by atoms with Crippen LogP contribution in [0.4, 0.5) is 0 Å². The highest BCUT2D eigenvalue weighted by Crippen LogP contribution is 2.16. The monoisotopic (exact) mass is 256 g/mol. The smallest absolute Gasteiger partial charge is 0.213 e. The van der Waals surface area contributed by atoms with Crippen LogP contribution in [-0.2, 0) is 13.1 Å². The number of Topliss-reactive ketones (excluding diaryl/α,β-unsaturated/α-hetero) is 1. The van der Waals surface area contributed by atoms with Gasteiger partial charge in [0.25, 0.3) is 0 Å². The molecule has 0 N–H and O–H groups in total. The number of ketones is 1. The van der Waals surface area contributed by atoms with Crippen LogP contribution in [0.15, 0.2) is 18.5 Å². The summed E-state index contributed by atoms with van der Waals surface area (Å²) < 4.78 is 3.67. The zero-order valence-electron chi connectivity index (χ0n) is 11.3. The number of hydrogen-bond acceptors (Lipinski definition) is 3. The molecule has 0 amide bonds. The van der Waals surface area contributed by atoms with Crippen LogP contribution in [-0.4, -0.2) is 19.9 Å². The minimum absolute atomic E-state index is 0.00213. The molecule has 0 saturated carbocycles. The average Bonchev–Trinajstić information content (AvgIpc) is 2.94. The molecule has 0 aliphatic heterocycles. The molecule has 0 aliphatic rings. The van der Waals surface area contributed by atoms with Gasteiger partial charge in [-0.3, -0.25) is 4.79 Å². The minimum atomic E-state index is 0.00213. The fraction of sp³-hybridized carbons (Fsp3) is 0.357. The molecule has 2 aromatic rings. The third-order valence-corrected chi connectivity index (χ3v) is 3.32. The summed E-state index contributed by atoms with van der Waals surface area (Å²) in [5.41, 5.74) is 2.77. The lowest BCUT2D eigenvalue weighted by Gasteiger charge is -2.06. The molecule has 0 aromatic carbocycles. The highest BCUT2D eigenvalue weighted by atomic mass is 16.1. The maximum atomic E-state index is 12.3. The SMILES string of the molecule is CCn1c(C)cc(C(=O)Cn2ccnc2C#N)c1C. The summed E-state index contributed by atoms with van der Waals surface area (Å²) >= 11 is 0. The average molecular weight is 256 g/mol. The maximum Gasteiger partial charge on any atom is 0.213 e. The molecule has 0 spiro atoms. The first-order valence-electron chi connectivity index (χ1n) is 6.19. The Bertz CT molecular complexity index is 658. The Balaban J connectivity index is 2.29. The molecule has 98 valence electrons. The van der Waals surface area contributed by atoms with Gasteiger partial charge in [-0.15, -0.1) is 0 Å². The van der Waals surface area contributed by atoms with E-state index in [2.05, 4.69) is 16.5 Å². The summed E-state index contributed by atoms with van der Waals surface area (Å²) in [5, 5.41) is 8.88. The van der Waals surface area contributed by atoms with Crippen molar-refractivity contribution in [3.05, 3.63) is 41.2 Å². The van der Waals surface area contributed by atoms with Crippen LogP contribution in [0.1, 0.15) is 34.5 Å². The van der Waals surface area contributed by atoms with Gasteiger partial charge in [-0.1, -0.05) is 0 Å². The van der Waals surface area contributed by atoms with E-state index in [1.807, 2.05) is 26.0 Å². The molecule has 5 heteroatoms. The van der Waals surface area contributed by atoms with Crippen LogP contribution in [0.25, 0.3) is 0 Å². The number of hydrogen-bond donors (Lipinski definition) is 0.